The van der Waals surface area contributed by atoms with Gasteiger partial charge in [-0.15, -0.1) is 0 Å². The fourth-order valence-corrected chi connectivity index (χ4v) is 4.72. The molecule has 1 saturated heterocycles. The number of thiophene rings is 1. The Morgan fingerprint density at radius 2 is 2.10 bits per heavy atom. The molecule has 1 aromatic carbocycles. The summed E-state index contributed by atoms with van der Waals surface area (Å²) in [5.74, 6) is 0. The second-order valence-electron chi connectivity index (χ2n) is 5.44. The molecule has 2 heterocycles. The summed E-state index contributed by atoms with van der Waals surface area (Å²) in [5, 5.41) is 15.2. The first-order chi connectivity index (χ1) is 9.61. The van der Waals surface area contributed by atoms with Crippen LogP contribution in [0.2, 0.25) is 0 Å². The molecule has 1 N–H and O–H groups in total. The van der Waals surface area contributed by atoms with E-state index in [4.69, 9.17) is 0 Å². The molecule has 0 bridgehead atoms. The van der Waals surface area contributed by atoms with Gasteiger partial charge < -0.3 is 5.11 Å². The lowest BCUT2D eigenvalue weighted by Crippen LogP contribution is -2.40. The molecule has 2 unspecified atom stereocenters. The summed E-state index contributed by atoms with van der Waals surface area (Å²) in [6.07, 6.45) is 0.788. The van der Waals surface area contributed by atoms with Crippen molar-refractivity contribution in [3.63, 3.8) is 0 Å². The zero-order valence-electron chi connectivity index (χ0n) is 11.4. The first kappa shape index (κ1) is 14.3. The summed E-state index contributed by atoms with van der Waals surface area (Å²) in [6.45, 7) is 3.95. The van der Waals surface area contributed by atoms with Gasteiger partial charge in [0.15, 0.2) is 0 Å². The Labute approximate surface area is 132 Å². The highest BCUT2D eigenvalue weighted by molar-refractivity contribution is 9.10. The second kappa shape index (κ2) is 5.60. The van der Waals surface area contributed by atoms with Crippen molar-refractivity contribution >= 4 is 27.3 Å². The van der Waals surface area contributed by atoms with Crippen LogP contribution in [-0.4, -0.2) is 22.6 Å². The van der Waals surface area contributed by atoms with Gasteiger partial charge in [0.2, 0.25) is 0 Å². The van der Waals surface area contributed by atoms with Crippen LogP contribution < -0.4 is 0 Å². The SMILES string of the molecule is CC1N(Cc2ccccc2)CCC1(O)c1cscc1Br. The van der Waals surface area contributed by atoms with Gasteiger partial charge in [-0.05, 0) is 40.2 Å². The number of rotatable bonds is 3. The maximum Gasteiger partial charge on any atom is 0.108 e. The van der Waals surface area contributed by atoms with Gasteiger partial charge >= 0.3 is 0 Å². The van der Waals surface area contributed by atoms with Crippen LogP contribution in [0, 0.1) is 0 Å². The number of halogens is 1. The molecule has 2 aromatic rings. The van der Waals surface area contributed by atoms with E-state index in [1.807, 2.05) is 11.4 Å². The maximum atomic E-state index is 11.1. The van der Waals surface area contributed by atoms with Crippen LogP contribution in [-0.2, 0) is 12.1 Å². The predicted octanol–water partition coefficient (Wildman–Crippen LogP) is 3.99. The Bertz CT molecular complexity index is 585. The smallest absolute Gasteiger partial charge is 0.108 e. The molecule has 1 aromatic heterocycles. The molecule has 3 rings (SSSR count). The topological polar surface area (TPSA) is 23.5 Å². The lowest BCUT2D eigenvalue weighted by molar-refractivity contribution is 0.00451. The molecule has 0 amide bonds. The predicted molar refractivity (Wildman–Crippen MR) is 86.8 cm³/mol. The fourth-order valence-electron chi connectivity index (χ4n) is 3.00. The molecular formula is C16H18BrNOS. The van der Waals surface area contributed by atoms with Crippen LogP contribution in [0.3, 0.4) is 0 Å². The van der Waals surface area contributed by atoms with Crippen molar-refractivity contribution < 1.29 is 5.11 Å². The second-order valence-corrected chi connectivity index (χ2v) is 7.04. The van der Waals surface area contributed by atoms with Crippen LogP contribution in [0.25, 0.3) is 0 Å². The van der Waals surface area contributed by atoms with Crippen LogP contribution in [0.4, 0.5) is 0 Å². The van der Waals surface area contributed by atoms with Gasteiger partial charge in [0.05, 0.1) is 0 Å². The minimum absolute atomic E-state index is 0.119. The quantitative estimate of drug-likeness (QED) is 0.903. The van der Waals surface area contributed by atoms with Crippen molar-refractivity contribution in [2.24, 2.45) is 0 Å². The van der Waals surface area contributed by atoms with Gasteiger partial charge in [0.1, 0.15) is 5.60 Å². The molecule has 106 valence electrons. The molecule has 4 heteroatoms. The largest absolute Gasteiger partial charge is 0.383 e. The first-order valence-electron chi connectivity index (χ1n) is 6.84. The van der Waals surface area contributed by atoms with E-state index in [1.165, 1.54) is 5.56 Å². The Balaban J connectivity index is 1.80. The van der Waals surface area contributed by atoms with Crippen molar-refractivity contribution in [2.75, 3.05) is 6.54 Å². The lowest BCUT2D eigenvalue weighted by atomic mass is 9.89. The first-order valence-corrected chi connectivity index (χ1v) is 8.57. The molecule has 1 aliphatic heterocycles. The van der Waals surface area contributed by atoms with E-state index in [0.717, 1.165) is 29.5 Å². The monoisotopic (exact) mass is 351 g/mol. The van der Waals surface area contributed by atoms with Gasteiger partial charge in [-0.25, -0.2) is 0 Å². The third-order valence-electron chi connectivity index (χ3n) is 4.33. The maximum absolute atomic E-state index is 11.1. The van der Waals surface area contributed by atoms with Crippen LogP contribution in [0.1, 0.15) is 24.5 Å². The molecule has 1 aliphatic rings. The van der Waals surface area contributed by atoms with E-state index in [9.17, 15) is 5.11 Å². The van der Waals surface area contributed by atoms with Crippen molar-refractivity contribution in [1.29, 1.82) is 0 Å². The molecule has 2 nitrogen and oxygen atoms in total. The zero-order chi connectivity index (χ0) is 14.2. The number of hydrogen-bond donors (Lipinski definition) is 1. The third-order valence-corrected chi connectivity index (χ3v) is 6.03. The number of hydrogen-bond acceptors (Lipinski definition) is 3. The normalized spacial score (nSPS) is 27.1. The minimum Gasteiger partial charge on any atom is -0.383 e. The highest BCUT2D eigenvalue weighted by atomic mass is 79.9. The van der Waals surface area contributed by atoms with E-state index < -0.39 is 5.60 Å². The molecule has 2 atom stereocenters. The summed E-state index contributed by atoms with van der Waals surface area (Å²) in [4.78, 5) is 2.36. The van der Waals surface area contributed by atoms with E-state index in [0.29, 0.717) is 0 Å². The van der Waals surface area contributed by atoms with Gasteiger partial charge in [0.25, 0.3) is 0 Å². The van der Waals surface area contributed by atoms with Crippen molar-refractivity contribution in [3.05, 3.63) is 56.7 Å². The van der Waals surface area contributed by atoms with E-state index in [1.54, 1.807) is 11.3 Å². The summed E-state index contributed by atoms with van der Waals surface area (Å²) in [6, 6.07) is 10.6. The average Bonchev–Trinajstić information content (AvgIpc) is 3.00. The van der Waals surface area contributed by atoms with Gasteiger partial charge in [-0.3, -0.25) is 4.90 Å². The zero-order valence-corrected chi connectivity index (χ0v) is 13.8. The number of likely N-dealkylation sites (tertiary alicyclic amines) is 1. The van der Waals surface area contributed by atoms with Crippen LogP contribution in [0.15, 0.2) is 45.6 Å². The van der Waals surface area contributed by atoms with Crippen molar-refractivity contribution in [1.82, 2.24) is 4.90 Å². The Morgan fingerprint density at radius 3 is 2.75 bits per heavy atom. The Morgan fingerprint density at radius 1 is 1.35 bits per heavy atom. The Kier molecular flexibility index (Phi) is 4.00. The van der Waals surface area contributed by atoms with Crippen LogP contribution >= 0.6 is 27.3 Å². The molecular weight excluding hydrogens is 334 g/mol. The molecule has 0 saturated carbocycles. The molecule has 0 radical (unpaired) electrons. The van der Waals surface area contributed by atoms with Crippen LogP contribution in [0.5, 0.6) is 0 Å². The summed E-state index contributed by atoms with van der Waals surface area (Å²) in [5.41, 5.74) is 1.59. The third kappa shape index (κ3) is 2.46. The van der Waals surface area contributed by atoms with Crippen molar-refractivity contribution in [2.45, 2.75) is 31.5 Å². The van der Waals surface area contributed by atoms with Gasteiger partial charge in [-0.2, -0.15) is 11.3 Å². The van der Waals surface area contributed by atoms with E-state index in [2.05, 4.69) is 57.4 Å². The minimum atomic E-state index is -0.742. The fraction of sp³-hybridized carbons (Fsp3) is 0.375. The van der Waals surface area contributed by atoms with Crippen molar-refractivity contribution in [3.8, 4) is 0 Å². The number of benzene rings is 1. The molecule has 1 fully saturated rings. The highest BCUT2D eigenvalue weighted by Crippen LogP contribution is 2.42. The summed E-state index contributed by atoms with van der Waals surface area (Å²) >= 11 is 5.19. The number of aliphatic hydroxyl groups is 1. The van der Waals surface area contributed by atoms with Gasteiger partial charge in [0, 0.05) is 34.5 Å². The number of nitrogens with zero attached hydrogens (tertiary/aromatic N) is 1. The molecule has 0 spiro atoms. The summed E-state index contributed by atoms with van der Waals surface area (Å²) < 4.78 is 1.03. The van der Waals surface area contributed by atoms with E-state index in [-0.39, 0.29) is 6.04 Å². The summed E-state index contributed by atoms with van der Waals surface area (Å²) in [7, 11) is 0. The molecule has 20 heavy (non-hydrogen) atoms. The lowest BCUT2D eigenvalue weighted by Gasteiger charge is -2.31. The van der Waals surface area contributed by atoms with Gasteiger partial charge in [-0.1, -0.05) is 30.3 Å². The average molecular weight is 352 g/mol. The van der Waals surface area contributed by atoms with E-state index >= 15 is 0 Å². The standard InChI is InChI=1S/C16H18BrNOS/c1-12-16(19,14-10-20-11-15(14)17)7-8-18(12)9-13-5-3-2-4-6-13/h2-6,10-12,19H,7-9H2,1H3. The molecule has 0 aliphatic carbocycles. The Hall–Kier alpha value is -0.680. The highest BCUT2D eigenvalue weighted by Gasteiger charge is 2.45.